The molecule has 6 heteroatoms. The van der Waals surface area contributed by atoms with Gasteiger partial charge in [-0.2, -0.15) is 0 Å². The lowest BCUT2D eigenvalue weighted by molar-refractivity contribution is -0.139. The fraction of sp³-hybridized carbons (Fsp3) is 0.471. The van der Waals surface area contributed by atoms with Crippen LogP contribution in [0.1, 0.15) is 70.9 Å². The van der Waals surface area contributed by atoms with E-state index in [0.29, 0.717) is 26.2 Å². The monoisotopic (exact) mass is 544 g/mol. The van der Waals surface area contributed by atoms with Gasteiger partial charge < -0.3 is 14.5 Å². The van der Waals surface area contributed by atoms with Crippen LogP contribution in [0.15, 0.2) is 66.7 Å². The molecule has 40 heavy (non-hydrogen) atoms. The van der Waals surface area contributed by atoms with Gasteiger partial charge in [-0.3, -0.25) is 4.79 Å². The van der Waals surface area contributed by atoms with Gasteiger partial charge in [-0.25, -0.2) is 9.18 Å². The molecule has 2 heterocycles. The lowest BCUT2D eigenvalue weighted by Crippen LogP contribution is -2.55. The van der Waals surface area contributed by atoms with Crippen molar-refractivity contribution in [2.75, 3.05) is 26.2 Å². The Bertz CT molecular complexity index is 1380. The van der Waals surface area contributed by atoms with E-state index in [1.165, 1.54) is 12.1 Å². The average Bonchev–Trinajstić information content (AvgIpc) is 2.92. The second kappa shape index (κ2) is 10.5. The summed E-state index contributed by atoms with van der Waals surface area (Å²) in [6.45, 7) is 12.2. The Balaban J connectivity index is 1.36. The van der Waals surface area contributed by atoms with Crippen LogP contribution in [0.5, 0.6) is 0 Å². The normalized spacial score (nSPS) is 19.6. The highest BCUT2D eigenvalue weighted by Crippen LogP contribution is 2.50. The molecule has 2 aliphatic heterocycles. The molecule has 0 aromatic heterocycles. The molecule has 0 unspecified atom stereocenters. The smallest absolute Gasteiger partial charge is 0.410 e. The van der Waals surface area contributed by atoms with Crippen LogP contribution in [0.4, 0.5) is 9.18 Å². The number of hydrogen-bond acceptors (Lipinski definition) is 3. The zero-order chi connectivity index (χ0) is 28.7. The number of amides is 2. The first-order chi connectivity index (χ1) is 18.9. The van der Waals surface area contributed by atoms with E-state index in [4.69, 9.17) is 4.74 Å². The molecule has 1 atom stereocenters. The first-order valence-electron chi connectivity index (χ1n) is 14.4. The minimum Gasteiger partial charge on any atom is -0.444 e. The Morgan fingerprint density at radius 1 is 0.825 bits per heavy atom. The van der Waals surface area contributed by atoms with E-state index in [9.17, 15) is 14.0 Å². The van der Waals surface area contributed by atoms with Crippen molar-refractivity contribution < 1.29 is 18.7 Å². The maximum atomic E-state index is 14.0. The van der Waals surface area contributed by atoms with Gasteiger partial charge in [0.05, 0.1) is 5.41 Å². The van der Waals surface area contributed by atoms with E-state index in [1.807, 2.05) is 69.9 Å². The minimum absolute atomic E-state index is 0.0395. The van der Waals surface area contributed by atoms with Crippen LogP contribution in [-0.4, -0.2) is 53.6 Å². The number of halogens is 1. The van der Waals surface area contributed by atoms with Crippen molar-refractivity contribution in [3.63, 3.8) is 0 Å². The Kier molecular flexibility index (Phi) is 7.41. The molecule has 2 fully saturated rings. The van der Waals surface area contributed by atoms with Gasteiger partial charge in [0, 0.05) is 32.1 Å². The number of rotatable bonds is 3. The highest BCUT2D eigenvalue weighted by atomic mass is 19.1. The van der Waals surface area contributed by atoms with Crippen LogP contribution in [-0.2, 0) is 14.9 Å². The molecule has 212 valence electrons. The van der Waals surface area contributed by atoms with Crippen LogP contribution in [0, 0.1) is 11.2 Å². The quantitative estimate of drug-likeness (QED) is 0.348. The summed E-state index contributed by atoms with van der Waals surface area (Å²) >= 11 is 0. The van der Waals surface area contributed by atoms with Crippen molar-refractivity contribution in [2.45, 2.75) is 70.8 Å². The molecule has 0 bridgehead atoms. The molecule has 0 saturated carbocycles. The summed E-state index contributed by atoms with van der Waals surface area (Å²) < 4.78 is 19.5. The van der Waals surface area contributed by atoms with Crippen molar-refractivity contribution in [2.24, 2.45) is 5.41 Å². The second-order valence-corrected chi connectivity index (χ2v) is 13.1. The number of nitrogens with zero attached hydrogens (tertiary/aromatic N) is 2. The topological polar surface area (TPSA) is 49.9 Å². The van der Waals surface area contributed by atoms with E-state index in [-0.39, 0.29) is 29.2 Å². The Labute approximate surface area is 237 Å². The third kappa shape index (κ3) is 5.45. The summed E-state index contributed by atoms with van der Waals surface area (Å²) in [6.07, 6.45) is 2.20. The highest BCUT2D eigenvalue weighted by molar-refractivity contribution is 5.95. The lowest BCUT2D eigenvalue weighted by Gasteiger charge is -2.52. The molecule has 5 rings (SSSR count). The van der Waals surface area contributed by atoms with Crippen LogP contribution in [0.25, 0.3) is 10.8 Å². The third-order valence-electron chi connectivity index (χ3n) is 8.99. The van der Waals surface area contributed by atoms with Gasteiger partial charge >= 0.3 is 6.09 Å². The van der Waals surface area contributed by atoms with Crippen molar-refractivity contribution in [1.29, 1.82) is 0 Å². The van der Waals surface area contributed by atoms with Crippen LogP contribution < -0.4 is 0 Å². The molecule has 3 aromatic carbocycles. The highest BCUT2D eigenvalue weighted by Gasteiger charge is 2.48. The van der Waals surface area contributed by atoms with E-state index in [1.54, 1.807) is 4.90 Å². The maximum absolute atomic E-state index is 14.0. The van der Waals surface area contributed by atoms with Crippen molar-refractivity contribution in [3.05, 3.63) is 83.7 Å². The summed E-state index contributed by atoms with van der Waals surface area (Å²) in [5.41, 5.74) is 0.773. The molecule has 0 N–H and O–H groups in total. The largest absolute Gasteiger partial charge is 0.444 e. The number of ether oxygens (including phenoxy) is 1. The number of likely N-dealkylation sites (tertiary alicyclic amines) is 2. The Morgan fingerprint density at radius 3 is 2.08 bits per heavy atom. The summed E-state index contributed by atoms with van der Waals surface area (Å²) in [5, 5.41) is 2.25. The first kappa shape index (κ1) is 28.1. The molecule has 2 aliphatic rings. The molecule has 0 radical (unpaired) electrons. The SMILES string of the molecule is CC(C)(C)OC(=O)N1CCC2(CCN(C(=O)C(C)(C)c3cccc4ccccc34)CC2)[C@H](c2ccc(F)cc2)C1. The van der Waals surface area contributed by atoms with Crippen molar-refractivity contribution in [1.82, 2.24) is 9.80 Å². The summed E-state index contributed by atoms with van der Waals surface area (Å²) in [5.74, 6) is -0.0883. The predicted octanol–water partition coefficient (Wildman–Crippen LogP) is 7.29. The van der Waals surface area contributed by atoms with Gasteiger partial charge in [-0.1, -0.05) is 54.6 Å². The van der Waals surface area contributed by atoms with Gasteiger partial charge in [-0.05, 0) is 93.3 Å². The van der Waals surface area contributed by atoms with Crippen LogP contribution >= 0.6 is 0 Å². The Morgan fingerprint density at radius 2 is 1.43 bits per heavy atom. The number of benzene rings is 3. The van der Waals surface area contributed by atoms with Crippen LogP contribution in [0.3, 0.4) is 0 Å². The predicted molar refractivity (Wildman–Crippen MR) is 157 cm³/mol. The standard InChI is InChI=1S/C34H41FN2O3/c1-32(2,3)40-31(39)37-22-19-34(29(23-37)25-13-15-26(35)16-14-25)17-20-36(21-18-34)30(38)33(4,5)28-12-8-10-24-9-6-7-11-27(24)28/h6-16,29H,17-23H2,1-5H3/t29-/m0/s1. The molecular formula is C34H41FN2O3. The average molecular weight is 545 g/mol. The first-order valence-corrected chi connectivity index (χ1v) is 14.4. The number of fused-ring (bicyclic) bond motifs is 1. The second-order valence-electron chi connectivity index (χ2n) is 13.1. The molecule has 3 aromatic rings. The van der Waals surface area contributed by atoms with Crippen molar-refractivity contribution >= 4 is 22.8 Å². The van der Waals surface area contributed by atoms with Crippen molar-refractivity contribution in [3.8, 4) is 0 Å². The summed E-state index contributed by atoms with van der Waals surface area (Å²) in [4.78, 5) is 30.8. The van der Waals surface area contributed by atoms with E-state index < -0.39 is 11.0 Å². The molecular weight excluding hydrogens is 503 g/mol. The number of piperidine rings is 2. The molecule has 0 aliphatic carbocycles. The van der Waals surface area contributed by atoms with E-state index in [0.717, 1.165) is 41.2 Å². The van der Waals surface area contributed by atoms with Gasteiger partial charge in [0.15, 0.2) is 0 Å². The van der Waals surface area contributed by atoms with Gasteiger partial charge in [-0.15, -0.1) is 0 Å². The number of hydrogen-bond donors (Lipinski definition) is 0. The van der Waals surface area contributed by atoms with Gasteiger partial charge in [0.2, 0.25) is 5.91 Å². The molecule has 2 saturated heterocycles. The van der Waals surface area contributed by atoms with E-state index >= 15 is 0 Å². The number of carbonyl (C=O) groups is 2. The van der Waals surface area contributed by atoms with Gasteiger partial charge in [0.25, 0.3) is 0 Å². The zero-order valence-corrected chi connectivity index (χ0v) is 24.4. The fourth-order valence-electron chi connectivity index (χ4n) is 6.72. The minimum atomic E-state index is -0.665. The fourth-order valence-corrected chi connectivity index (χ4v) is 6.72. The maximum Gasteiger partial charge on any atom is 0.410 e. The summed E-state index contributed by atoms with van der Waals surface area (Å²) in [7, 11) is 0. The van der Waals surface area contributed by atoms with Gasteiger partial charge in [0.1, 0.15) is 11.4 Å². The Hall–Kier alpha value is -3.41. The van der Waals surface area contributed by atoms with E-state index in [2.05, 4.69) is 24.3 Å². The van der Waals surface area contributed by atoms with Crippen LogP contribution in [0.2, 0.25) is 0 Å². The molecule has 1 spiro atoms. The third-order valence-corrected chi connectivity index (χ3v) is 8.99. The number of carbonyl (C=O) groups excluding carboxylic acids is 2. The molecule has 2 amide bonds. The molecule has 5 nitrogen and oxygen atoms in total. The summed E-state index contributed by atoms with van der Waals surface area (Å²) in [6, 6.07) is 21.1. The zero-order valence-electron chi connectivity index (χ0n) is 24.4. The lowest BCUT2D eigenvalue weighted by atomic mass is 9.62.